The lowest BCUT2D eigenvalue weighted by atomic mass is 9.96. The van der Waals surface area contributed by atoms with Crippen molar-refractivity contribution in [3.63, 3.8) is 0 Å². The van der Waals surface area contributed by atoms with Crippen LogP contribution in [0.4, 0.5) is 4.39 Å². The second-order valence-electron chi connectivity index (χ2n) is 5.40. The molecule has 1 aromatic rings. The van der Waals surface area contributed by atoms with Gasteiger partial charge < -0.3 is 10.8 Å². The fourth-order valence-electron chi connectivity index (χ4n) is 2.88. The number of nitrogens with zero attached hydrogens (tertiary/aromatic N) is 1. The smallest absolute Gasteiger partial charge is 0.123 e. The molecular weight excluding hydrogens is 243 g/mol. The summed E-state index contributed by atoms with van der Waals surface area (Å²) in [6.45, 7) is 4.11. The topological polar surface area (TPSA) is 49.5 Å². The van der Waals surface area contributed by atoms with E-state index in [1.54, 1.807) is 0 Å². The average molecular weight is 266 g/mol. The molecule has 0 aromatic heterocycles. The molecule has 2 rings (SSSR count). The maximum Gasteiger partial charge on any atom is 0.123 e. The number of aliphatic hydroxyl groups excluding tert-OH is 1. The van der Waals surface area contributed by atoms with Gasteiger partial charge in [0, 0.05) is 25.2 Å². The van der Waals surface area contributed by atoms with Gasteiger partial charge in [-0.3, -0.25) is 4.90 Å². The Morgan fingerprint density at radius 1 is 1.42 bits per heavy atom. The number of hydrogen-bond acceptors (Lipinski definition) is 3. The van der Waals surface area contributed by atoms with E-state index < -0.39 is 0 Å². The average Bonchev–Trinajstić information content (AvgIpc) is 2.89. The third-order valence-corrected chi connectivity index (χ3v) is 4.06. The number of nitrogens with two attached hydrogens (primary N) is 1. The summed E-state index contributed by atoms with van der Waals surface area (Å²) in [6, 6.07) is 6.77. The van der Waals surface area contributed by atoms with Gasteiger partial charge in [-0.05, 0) is 43.0 Å². The molecule has 3 atom stereocenters. The van der Waals surface area contributed by atoms with Gasteiger partial charge in [0.05, 0.1) is 0 Å². The maximum atomic E-state index is 13.0. The summed E-state index contributed by atoms with van der Waals surface area (Å²) in [5.74, 6) is 0.120. The molecule has 1 fully saturated rings. The second kappa shape index (κ2) is 6.46. The minimum Gasteiger partial charge on any atom is -0.396 e. The highest BCUT2D eigenvalue weighted by atomic mass is 19.1. The summed E-state index contributed by atoms with van der Waals surface area (Å²) in [5.41, 5.74) is 7.32. The first kappa shape index (κ1) is 14.4. The number of rotatable bonds is 5. The van der Waals surface area contributed by atoms with Gasteiger partial charge in [-0.15, -0.1) is 0 Å². The standard InChI is InChI=1S/C15H23FN2O/c1-2-14(17)15(12-3-5-13(16)6-4-12)18-8-7-11(9-18)10-19/h3-6,11,14-15,19H,2,7-10,17H2,1H3. The lowest BCUT2D eigenvalue weighted by Crippen LogP contribution is -2.40. The molecule has 1 aromatic carbocycles. The van der Waals surface area contributed by atoms with Crippen LogP contribution >= 0.6 is 0 Å². The Hall–Kier alpha value is -0.970. The molecule has 106 valence electrons. The third-order valence-electron chi connectivity index (χ3n) is 4.06. The van der Waals surface area contributed by atoms with E-state index in [9.17, 15) is 9.50 Å². The van der Waals surface area contributed by atoms with Crippen LogP contribution in [0.25, 0.3) is 0 Å². The van der Waals surface area contributed by atoms with E-state index in [-0.39, 0.29) is 24.5 Å². The zero-order valence-corrected chi connectivity index (χ0v) is 11.4. The Morgan fingerprint density at radius 3 is 2.63 bits per heavy atom. The number of hydrogen-bond donors (Lipinski definition) is 2. The van der Waals surface area contributed by atoms with E-state index in [4.69, 9.17) is 5.73 Å². The highest BCUT2D eigenvalue weighted by Gasteiger charge is 2.31. The molecule has 3 nitrogen and oxygen atoms in total. The van der Waals surface area contributed by atoms with Gasteiger partial charge in [-0.2, -0.15) is 0 Å². The number of likely N-dealkylation sites (tertiary alicyclic amines) is 1. The van der Waals surface area contributed by atoms with Gasteiger partial charge >= 0.3 is 0 Å². The van der Waals surface area contributed by atoms with Gasteiger partial charge in [0.2, 0.25) is 0 Å². The minimum atomic E-state index is -0.220. The Morgan fingerprint density at radius 2 is 2.11 bits per heavy atom. The molecule has 0 radical (unpaired) electrons. The molecular formula is C15H23FN2O. The molecule has 1 saturated heterocycles. The van der Waals surface area contributed by atoms with Gasteiger partial charge in [0.25, 0.3) is 0 Å². The Bertz CT molecular complexity index is 396. The number of halogens is 1. The first-order valence-corrected chi connectivity index (χ1v) is 7.01. The second-order valence-corrected chi connectivity index (χ2v) is 5.40. The number of aliphatic hydroxyl groups is 1. The van der Waals surface area contributed by atoms with Crippen molar-refractivity contribution in [1.29, 1.82) is 0 Å². The van der Waals surface area contributed by atoms with E-state index in [0.29, 0.717) is 5.92 Å². The van der Waals surface area contributed by atoms with Crippen molar-refractivity contribution in [1.82, 2.24) is 4.90 Å². The van der Waals surface area contributed by atoms with Crippen LogP contribution in [0.5, 0.6) is 0 Å². The molecule has 3 unspecified atom stereocenters. The van der Waals surface area contributed by atoms with Crippen LogP contribution in [-0.2, 0) is 0 Å². The van der Waals surface area contributed by atoms with Crippen molar-refractivity contribution in [2.75, 3.05) is 19.7 Å². The lowest BCUT2D eigenvalue weighted by Gasteiger charge is -2.32. The highest BCUT2D eigenvalue weighted by Crippen LogP contribution is 2.30. The number of benzene rings is 1. The van der Waals surface area contributed by atoms with Crippen LogP contribution in [0, 0.1) is 11.7 Å². The zero-order valence-electron chi connectivity index (χ0n) is 11.4. The first-order valence-electron chi connectivity index (χ1n) is 7.01. The van der Waals surface area contributed by atoms with Crippen molar-refractivity contribution in [3.8, 4) is 0 Å². The van der Waals surface area contributed by atoms with Gasteiger partial charge in [0.15, 0.2) is 0 Å². The van der Waals surface area contributed by atoms with Crippen molar-refractivity contribution < 1.29 is 9.50 Å². The van der Waals surface area contributed by atoms with E-state index in [2.05, 4.69) is 11.8 Å². The predicted octanol–water partition coefficient (Wildman–Crippen LogP) is 1.92. The first-order chi connectivity index (χ1) is 9.15. The summed E-state index contributed by atoms with van der Waals surface area (Å²) in [6.07, 6.45) is 1.88. The molecule has 3 N–H and O–H groups in total. The third kappa shape index (κ3) is 3.32. The predicted molar refractivity (Wildman–Crippen MR) is 74.2 cm³/mol. The van der Waals surface area contributed by atoms with Crippen LogP contribution in [0.15, 0.2) is 24.3 Å². The lowest BCUT2D eigenvalue weighted by molar-refractivity contribution is 0.180. The molecule has 19 heavy (non-hydrogen) atoms. The quantitative estimate of drug-likeness (QED) is 0.856. The molecule has 0 bridgehead atoms. The summed E-state index contributed by atoms with van der Waals surface area (Å²) in [4.78, 5) is 2.32. The fraction of sp³-hybridized carbons (Fsp3) is 0.600. The van der Waals surface area contributed by atoms with Gasteiger partial charge in [0.1, 0.15) is 5.82 Å². The van der Waals surface area contributed by atoms with E-state index in [1.165, 1.54) is 12.1 Å². The summed E-state index contributed by atoms with van der Waals surface area (Å²) < 4.78 is 13.0. The van der Waals surface area contributed by atoms with Crippen molar-refractivity contribution in [2.24, 2.45) is 11.7 Å². The fourth-order valence-corrected chi connectivity index (χ4v) is 2.88. The van der Waals surface area contributed by atoms with Crippen molar-refractivity contribution in [2.45, 2.75) is 31.8 Å². The van der Waals surface area contributed by atoms with Crippen LogP contribution in [0.3, 0.4) is 0 Å². The highest BCUT2D eigenvalue weighted by molar-refractivity contribution is 5.22. The SMILES string of the molecule is CCC(N)C(c1ccc(F)cc1)N1CCC(CO)C1. The summed E-state index contributed by atoms with van der Waals surface area (Å²) in [5, 5.41) is 9.26. The summed E-state index contributed by atoms with van der Waals surface area (Å²) >= 11 is 0. The van der Waals surface area contributed by atoms with Crippen LogP contribution in [0.1, 0.15) is 31.4 Å². The molecule has 1 heterocycles. The van der Waals surface area contributed by atoms with E-state index in [0.717, 1.165) is 31.5 Å². The van der Waals surface area contributed by atoms with Crippen molar-refractivity contribution in [3.05, 3.63) is 35.6 Å². The Labute approximate surface area is 114 Å². The molecule has 0 aliphatic carbocycles. The maximum absolute atomic E-state index is 13.0. The molecule has 1 aliphatic heterocycles. The van der Waals surface area contributed by atoms with E-state index >= 15 is 0 Å². The van der Waals surface area contributed by atoms with Crippen LogP contribution in [-0.4, -0.2) is 35.7 Å². The molecule has 1 aliphatic rings. The minimum absolute atomic E-state index is 0.0305. The van der Waals surface area contributed by atoms with Gasteiger partial charge in [-0.1, -0.05) is 19.1 Å². The van der Waals surface area contributed by atoms with E-state index in [1.807, 2.05) is 12.1 Å². The largest absolute Gasteiger partial charge is 0.396 e. The van der Waals surface area contributed by atoms with Crippen LogP contribution < -0.4 is 5.73 Å². The van der Waals surface area contributed by atoms with Gasteiger partial charge in [-0.25, -0.2) is 4.39 Å². The monoisotopic (exact) mass is 266 g/mol. The normalized spacial score (nSPS) is 23.5. The van der Waals surface area contributed by atoms with Crippen molar-refractivity contribution >= 4 is 0 Å². The Kier molecular flexibility index (Phi) is 4.91. The Balaban J connectivity index is 2.19. The summed E-state index contributed by atoms with van der Waals surface area (Å²) in [7, 11) is 0. The molecule has 0 spiro atoms. The van der Waals surface area contributed by atoms with Crippen LogP contribution in [0.2, 0.25) is 0 Å². The zero-order chi connectivity index (χ0) is 13.8. The molecule has 0 amide bonds. The molecule has 0 saturated carbocycles. The molecule has 4 heteroatoms.